The zero-order valence-electron chi connectivity index (χ0n) is 14.2. The fourth-order valence-electron chi connectivity index (χ4n) is 2.66. The lowest BCUT2D eigenvalue weighted by molar-refractivity contribution is 0.203. The molecular weight excluding hydrogens is 403 g/mol. The van der Waals surface area contributed by atoms with Crippen LogP contribution in [0, 0.1) is 0 Å². The lowest BCUT2D eigenvalue weighted by atomic mass is 10.0. The molecule has 0 radical (unpaired) electrons. The van der Waals surface area contributed by atoms with Crippen LogP contribution in [0.3, 0.4) is 0 Å². The Balaban J connectivity index is 0.00000264. The van der Waals surface area contributed by atoms with Crippen LogP contribution in [0.4, 0.5) is 0 Å². The van der Waals surface area contributed by atoms with E-state index in [-0.39, 0.29) is 24.0 Å². The Kier molecular flexibility index (Phi) is 10.2. The van der Waals surface area contributed by atoms with E-state index >= 15 is 0 Å². The summed E-state index contributed by atoms with van der Waals surface area (Å²) >= 11 is 0. The van der Waals surface area contributed by atoms with E-state index in [0.29, 0.717) is 6.61 Å². The van der Waals surface area contributed by atoms with Crippen molar-refractivity contribution in [2.45, 2.75) is 19.9 Å². The predicted molar refractivity (Wildman–Crippen MR) is 107 cm³/mol. The van der Waals surface area contributed by atoms with E-state index in [1.54, 1.807) is 7.11 Å². The Hall–Kier alpha value is -0.860. The van der Waals surface area contributed by atoms with Gasteiger partial charge in [-0.1, -0.05) is 24.3 Å². The van der Waals surface area contributed by atoms with Crippen molar-refractivity contribution in [3.05, 3.63) is 35.4 Å². The Labute approximate surface area is 156 Å². The number of aliphatic imine (C=N–C) groups is 1. The fraction of sp³-hybridized carbons (Fsp3) is 0.588. The van der Waals surface area contributed by atoms with Gasteiger partial charge in [0.25, 0.3) is 0 Å². The van der Waals surface area contributed by atoms with Gasteiger partial charge in [0.05, 0.1) is 13.2 Å². The molecule has 23 heavy (non-hydrogen) atoms. The highest BCUT2D eigenvalue weighted by molar-refractivity contribution is 14.0. The molecule has 6 heteroatoms. The van der Waals surface area contributed by atoms with Crippen molar-refractivity contribution in [3.63, 3.8) is 0 Å². The molecule has 0 fully saturated rings. The largest absolute Gasteiger partial charge is 0.383 e. The van der Waals surface area contributed by atoms with Gasteiger partial charge in [-0.05, 0) is 24.5 Å². The Morgan fingerprint density at radius 3 is 2.78 bits per heavy atom. The average molecular weight is 432 g/mol. The first-order valence-electron chi connectivity index (χ1n) is 8.13. The van der Waals surface area contributed by atoms with Crippen LogP contribution >= 0.6 is 24.0 Å². The molecule has 0 bridgehead atoms. The summed E-state index contributed by atoms with van der Waals surface area (Å²) in [7, 11) is 1.71. The van der Waals surface area contributed by atoms with Gasteiger partial charge in [-0.15, -0.1) is 24.0 Å². The lowest BCUT2D eigenvalue weighted by Crippen LogP contribution is -2.39. The predicted octanol–water partition coefficient (Wildman–Crippen LogP) is 1.86. The molecule has 1 aromatic carbocycles. The molecule has 0 saturated carbocycles. The van der Waals surface area contributed by atoms with E-state index in [9.17, 15) is 0 Å². The summed E-state index contributed by atoms with van der Waals surface area (Å²) < 4.78 is 5.05. The fourth-order valence-corrected chi connectivity index (χ4v) is 2.66. The van der Waals surface area contributed by atoms with Gasteiger partial charge in [-0.3, -0.25) is 9.89 Å². The van der Waals surface area contributed by atoms with Crippen molar-refractivity contribution in [1.82, 2.24) is 15.5 Å². The topological polar surface area (TPSA) is 48.9 Å². The minimum absolute atomic E-state index is 0. The summed E-state index contributed by atoms with van der Waals surface area (Å²) in [6, 6.07) is 8.74. The number of hydrogen-bond acceptors (Lipinski definition) is 3. The van der Waals surface area contributed by atoms with Gasteiger partial charge >= 0.3 is 0 Å². The summed E-state index contributed by atoms with van der Waals surface area (Å²) in [6.45, 7) is 8.39. The number of methoxy groups -OCH3 is 1. The van der Waals surface area contributed by atoms with Crippen molar-refractivity contribution >= 4 is 29.9 Å². The molecule has 0 aromatic heterocycles. The van der Waals surface area contributed by atoms with E-state index in [1.165, 1.54) is 11.1 Å². The molecule has 2 N–H and O–H groups in total. The Morgan fingerprint density at radius 2 is 2.04 bits per heavy atom. The van der Waals surface area contributed by atoms with Crippen LogP contribution in [0.25, 0.3) is 0 Å². The average Bonchev–Trinajstić information content (AvgIpc) is 2.55. The minimum atomic E-state index is 0. The molecule has 2 rings (SSSR count). The number of benzene rings is 1. The summed E-state index contributed by atoms with van der Waals surface area (Å²) in [5.41, 5.74) is 2.96. The molecule has 0 unspecified atom stereocenters. The molecule has 0 aliphatic carbocycles. The first-order chi connectivity index (χ1) is 10.8. The summed E-state index contributed by atoms with van der Waals surface area (Å²) in [6.07, 6.45) is 1.14. The van der Waals surface area contributed by atoms with Gasteiger partial charge in [-0.25, -0.2) is 0 Å². The second-order valence-corrected chi connectivity index (χ2v) is 5.48. The molecule has 0 saturated heterocycles. The maximum Gasteiger partial charge on any atom is 0.191 e. The molecule has 1 aromatic rings. The Morgan fingerprint density at radius 1 is 1.26 bits per heavy atom. The second kappa shape index (κ2) is 11.6. The second-order valence-electron chi connectivity index (χ2n) is 5.48. The van der Waals surface area contributed by atoms with Crippen molar-refractivity contribution in [1.29, 1.82) is 0 Å². The van der Waals surface area contributed by atoms with Crippen LogP contribution in [0.1, 0.15) is 18.1 Å². The van der Waals surface area contributed by atoms with Gasteiger partial charge in [0.1, 0.15) is 0 Å². The highest BCUT2D eigenvalue weighted by Crippen LogP contribution is 2.17. The quantitative estimate of drug-likeness (QED) is 0.299. The standard InChI is InChI=1S/C17H28N4O.HI/c1-3-18-17(20-10-13-22-2)19-9-12-21-11-8-15-6-4-5-7-16(15)14-21;/h4-7H,3,8-14H2,1-2H3,(H2,18,19,20);1H. The first kappa shape index (κ1) is 20.2. The Bertz CT molecular complexity index is 481. The summed E-state index contributed by atoms with van der Waals surface area (Å²) in [5.74, 6) is 0.872. The zero-order valence-corrected chi connectivity index (χ0v) is 16.5. The van der Waals surface area contributed by atoms with Crippen LogP contribution in [0.5, 0.6) is 0 Å². The smallest absolute Gasteiger partial charge is 0.191 e. The van der Waals surface area contributed by atoms with Crippen LogP contribution in [-0.4, -0.2) is 57.3 Å². The molecule has 5 nitrogen and oxygen atoms in total. The van der Waals surface area contributed by atoms with Crippen molar-refractivity contribution < 1.29 is 4.74 Å². The number of hydrogen-bond donors (Lipinski definition) is 2. The number of nitrogens with one attached hydrogen (secondary N) is 2. The molecule has 130 valence electrons. The SMILES string of the molecule is CCNC(=NCCN1CCc2ccccc2C1)NCCOC.I. The zero-order chi connectivity index (χ0) is 15.6. The minimum Gasteiger partial charge on any atom is -0.383 e. The van der Waals surface area contributed by atoms with Crippen LogP contribution < -0.4 is 10.6 Å². The van der Waals surface area contributed by atoms with Gasteiger partial charge < -0.3 is 15.4 Å². The summed E-state index contributed by atoms with van der Waals surface area (Å²) in [4.78, 5) is 7.11. The maximum atomic E-state index is 5.05. The highest BCUT2D eigenvalue weighted by atomic mass is 127. The first-order valence-corrected chi connectivity index (χ1v) is 8.13. The van der Waals surface area contributed by atoms with Crippen LogP contribution in [0.15, 0.2) is 29.3 Å². The van der Waals surface area contributed by atoms with Crippen molar-refractivity contribution in [2.75, 3.05) is 46.4 Å². The van der Waals surface area contributed by atoms with E-state index in [2.05, 4.69) is 51.7 Å². The molecule has 1 aliphatic rings. The highest BCUT2D eigenvalue weighted by Gasteiger charge is 2.14. The third-order valence-electron chi connectivity index (χ3n) is 3.84. The molecular formula is C17H29IN4O. The third kappa shape index (κ3) is 7.05. The number of ether oxygens (including phenoxy) is 1. The molecule has 1 aliphatic heterocycles. The van der Waals surface area contributed by atoms with E-state index in [1.807, 2.05) is 0 Å². The normalized spacial score (nSPS) is 14.8. The van der Waals surface area contributed by atoms with E-state index in [0.717, 1.165) is 51.6 Å². The van der Waals surface area contributed by atoms with Gasteiger partial charge in [0.2, 0.25) is 0 Å². The van der Waals surface area contributed by atoms with Gasteiger partial charge in [0, 0.05) is 39.8 Å². The number of nitrogens with zero attached hydrogens (tertiary/aromatic N) is 2. The maximum absolute atomic E-state index is 5.05. The summed E-state index contributed by atoms with van der Waals surface area (Å²) in [5, 5.41) is 6.53. The number of fused-ring (bicyclic) bond motifs is 1. The van der Waals surface area contributed by atoms with Crippen LogP contribution in [-0.2, 0) is 17.7 Å². The molecule has 0 atom stereocenters. The van der Waals surface area contributed by atoms with Crippen molar-refractivity contribution in [3.8, 4) is 0 Å². The number of guanidine groups is 1. The number of halogens is 1. The molecule has 1 heterocycles. The molecule has 0 amide bonds. The van der Waals surface area contributed by atoms with Crippen molar-refractivity contribution in [2.24, 2.45) is 4.99 Å². The van der Waals surface area contributed by atoms with E-state index < -0.39 is 0 Å². The number of rotatable bonds is 7. The molecule has 0 spiro atoms. The van der Waals surface area contributed by atoms with Crippen LogP contribution in [0.2, 0.25) is 0 Å². The van der Waals surface area contributed by atoms with Gasteiger partial charge in [-0.2, -0.15) is 0 Å². The third-order valence-corrected chi connectivity index (χ3v) is 3.84. The van der Waals surface area contributed by atoms with Gasteiger partial charge in [0.15, 0.2) is 5.96 Å². The lowest BCUT2D eigenvalue weighted by Gasteiger charge is -2.28. The monoisotopic (exact) mass is 432 g/mol. The van der Waals surface area contributed by atoms with E-state index in [4.69, 9.17) is 4.74 Å².